The highest BCUT2D eigenvalue weighted by Crippen LogP contribution is 2.23. The van der Waals surface area contributed by atoms with Crippen molar-refractivity contribution in [3.8, 4) is 0 Å². The SMILES string of the molecule is COC(C)C(=O)Nc1cccc2c1CNCC2. The van der Waals surface area contributed by atoms with Crippen LogP contribution in [0.15, 0.2) is 18.2 Å². The second-order valence-electron chi connectivity index (χ2n) is 4.24. The summed E-state index contributed by atoms with van der Waals surface area (Å²) in [7, 11) is 1.53. The number of benzene rings is 1. The molecule has 1 heterocycles. The Balaban J connectivity index is 2.18. The molecule has 0 saturated heterocycles. The average molecular weight is 234 g/mol. The molecular formula is C13H18N2O2. The fourth-order valence-electron chi connectivity index (χ4n) is 1.97. The zero-order chi connectivity index (χ0) is 12.3. The standard InChI is InChI=1S/C13H18N2O2/c1-9(17-2)13(16)15-12-5-3-4-10-6-7-14-8-11(10)12/h3-5,9,14H,6-8H2,1-2H3,(H,15,16). The Kier molecular flexibility index (Phi) is 3.76. The molecule has 0 radical (unpaired) electrons. The molecule has 4 nitrogen and oxygen atoms in total. The van der Waals surface area contributed by atoms with Crippen LogP contribution in [-0.4, -0.2) is 25.7 Å². The van der Waals surface area contributed by atoms with E-state index in [9.17, 15) is 4.79 Å². The molecule has 1 aromatic rings. The Hall–Kier alpha value is -1.39. The molecule has 1 aliphatic rings. The van der Waals surface area contributed by atoms with Gasteiger partial charge in [-0.05, 0) is 37.1 Å². The number of rotatable bonds is 3. The lowest BCUT2D eigenvalue weighted by atomic mass is 9.99. The van der Waals surface area contributed by atoms with Crippen LogP contribution < -0.4 is 10.6 Å². The van der Waals surface area contributed by atoms with Gasteiger partial charge in [-0.25, -0.2) is 0 Å². The quantitative estimate of drug-likeness (QED) is 0.829. The number of methoxy groups -OCH3 is 1. The maximum absolute atomic E-state index is 11.8. The van der Waals surface area contributed by atoms with Gasteiger partial charge in [0, 0.05) is 19.3 Å². The number of hydrogen-bond donors (Lipinski definition) is 2. The van der Waals surface area contributed by atoms with E-state index < -0.39 is 6.10 Å². The molecule has 92 valence electrons. The van der Waals surface area contributed by atoms with Crippen molar-refractivity contribution in [1.29, 1.82) is 0 Å². The van der Waals surface area contributed by atoms with Crippen LogP contribution in [0.25, 0.3) is 0 Å². The Morgan fingerprint density at radius 2 is 2.35 bits per heavy atom. The van der Waals surface area contributed by atoms with Crippen molar-refractivity contribution >= 4 is 11.6 Å². The zero-order valence-corrected chi connectivity index (χ0v) is 10.2. The summed E-state index contributed by atoms with van der Waals surface area (Å²) in [6.07, 6.45) is 0.584. The lowest BCUT2D eigenvalue weighted by molar-refractivity contribution is -0.124. The van der Waals surface area contributed by atoms with E-state index in [1.807, 2.05) is 12.1 Å². The van der Waals surface area contributed by atoms with Crippen molar-refractivity contribution in [3.63, 3.8) is 0 Å². The molecule has 0 saturated carbocycles. The molecule has 0 aromatic heterocycles. The van der Waals surface area contributed by atoms with Crippen LogP contribution in [0.1, 0.15) is 18.1 Å². The van der Waals surface area contributed by atoms with Gasteiger partial charge in [-0.15, -0.1) is 0 Å². The van der Waals surface area contributed by atoms with Crippen LogP contribution in [0.3, 0.4) is 0 Å². The summed E-state index contributed by atoms with van der Waals surface area (Å²) < 4.78 is 5.00. The zero-order valence-electron chi connectivity index (χ0n) is 10.2. The number of ether oxygens (including phenoxy) is 1. The molecule has 1 unspecified atom stereocenters. The first kappa shape index (κ1) is 12.1. The summed E-state index contributed by atoms with van der Waals surface area (Å²) in [5, 5.41) is 6.23. The van der Waals surface area contributed by atoms with E-state index in [-0.39, 0.29) is 5.91 Å². The predicted octanol–water partition coefficient (Wildman–Crippen LogP) is 1.31. The number of nitrogens with one attached hydrogen (secondary N) is 2. The summed E-state index contributed by atoms with van der Waals surface area (Å²) in [5.41, 5.74) is 3.39. The second-order valence-corrected chi connectivity index (χ2v) is 4.24. The first-order chi connectivity index (χ1) is 8.22. The third-order valence-corrected chi connectivity index (χ3v) is 3.13. The molecule has 0 spiro atoms. The van der Waals surface area contributed by atoms with E-state index in [4.69, 9.17) is 4.74 Å². The number of carbonyl (C=O) groups excluding carboxylic acids is 1. The first-order valence-electron chi connectivity index (χ1n) is 5.87. The van der Waals surface area contributed by atoms with Gasteiger partial charge in [0.1, 0.15) is 6.10 Å². The Bertz CT molecular complexity index is 418. The van der Waals surface area contributed by atoms with Gasteiger partial charge < -0.3 is 15.4 Å². The molecule has 4 heteroatoms. The number of anilines is 1. The van der Waals surface area contributed by atoms with E-state index in [1.165, 1.54) is 18.2 Å². The summed E-state index contributed by atoms with van der Waals surface area (Å²) in [6, 6.07) is 6.04. The Morgan fingerprint density at radius 1 is 1.53 bits per heavy atom. The molecular weight excluding hydrogens is 216 g/mol. The van der Waals surface area contributed by atoms with Gasteiger partial charge in [-0.2, -0.15) is 0 Å². The monoisotopic (exact) mass is 234 g/mol. The fraction of sp³-hybridized carbons (Fsp3) is 0.462. The van der Waals surface area contributed by atoms with Gasteiger partial charge in [0.25, 0.3) is 5.91 Å². The molecule has 17 heavy (non-hydrogen) atoms. The minimum Gasteiger partial charge on any atom is -0.372 e. The van der Waals surface area contributed by atoms with Crippen LogP contribution in [-0.2, 0) is 22.5 Å². The molecule has 2 N–H and O–H groups in total. The molecule has 2 rings (SSSR count). The minimum atomic E-state index is -0.428. The third kappa shape index (κ3) is 2.65. The van der Waals surface area contributed by atoms with E-state index >= 15 is 0 Å². The van der Waals surface area contributed by atoms with Gasteiger partial charge in [-0.1, -0.05) is 12.1 Å². The molecule has 1 amide bonds. The number of carbonyl (C=O) groups is 1. The summed E-state index contributed by atoms with van der Waals surface area (Å²) in [4.78, 5) is 11.8. The van der Waals surface area contributed by atoms with Gasteiger partial charge >= 0.3 is 0 Å². The normalized spacial score (nSPS) is 16.1. The second kappa shape index (κ2) is 5.29. The Labute approximate surface area is 101 Å². The highest BCUT2D eigenvalue weighted by molar-refractivity contribution is 5.94. The number of hydrogen-bond acceptors (Lipinski definition) is 3. The van der Waals surface area contributed by atoms with Crippen LogP contribution in [0.4, 0.5) is 5.69 Å². The van der Waals surface area contributed by atoms with Gasteiger partial charge in [-0.3, -0.25) is 4.79 Å². The lowest BCUT2D eigenvalue weighted by Crippen LogP contribution is -2.29. The van der Waals surface area contributed by atoms with Crippen LogP contribution >= 0.6 is 0 Å². The average Bonchev–Trinajstić information content (AvgIpc) is 2.38. The molecule has 1 aromatic carbocycles. The van der Waals surface area contributed by atoms with Crippen molar-refractivity contribution in [2.24, 2.45) is 0 Å². The van der Waals surface area contributed by atoms with Crippen molar-refractivity contribution in [2.45, 2.75) is 26.0 Å². The molecule has 0 aliphatic carbocycles. The van der Waals surface area contributed by atoms with E-state index in [0.29, 0.717) is 0 Å². The smallest absolute Gasteiger partial charge is 0.253 e. The third-order valence-electron chi connectivity index (χ3n) is 3.13. The van der Waals surface area contributed by atoms with Gasteiger partial charge in [0.15, 0.2) is 0 Å². The van der Waals surface area contributed by atoms with Crippen molar-refractivity contribution in [2.75, 3.05) is 19.0 Å². The van der Waals surface area contributed by atoms with Gasteiger partial charge in [0.05, 0.1) is 0 Å². The molecule has 0 fully saturated rings. The summed E-state index contributed by atoms with van der Waals surface area (Å²) >= 11 is 0. The highest BCUT2D eigenvalue weighted by Gasteiger charge is 2.16. The summed E-state index contributed by atoms with van der Waals surface area (Å²) in [5.74, 6) is -0.105. The molecule has 0 bridgehead atoms. The molecule has 1 atom stereocenters. The van der Waals surface area contributed by atoms with Crippen molar-refractivity contribution in [1.82, 2.24) is 5.32 Å². The predicted molar refractivity (Wildman–Crippen MR) is 67.0 cm³/mol. The number of amides is 1. The van der Waals surface area contributed by atoms with Crippen LogP contribution in [0.5, 0.6) is 0 Å². The topological polar surface area (TPSA) is 50.4 Å². The fourth-order valence-corrected chi connectivity index (χ4v) is 1.97. The molecule has 1 aliphatic heterocycles. The Morgan fingerprint density at radius 3 is 3.12 bits per heavy atom. The minimum absolute atomic E-state index is 0.105. The summed E-state index contributed by atoms with van der Waals surface area (Å²) in [6.45, 7) is 3.55. The lowest BCUT2D eigenvalue weighted by Gasteiger charge is -2.21. The van der Waals surface area contributed by atoms with Crippen molar-refractivity contribution in [3.05, 3.63) is 29.3 Å². The van der Waals surface area contributed by atoms with Crippen LogP contribution in [0.2, 0.25) is 0 Å². The number of fused-ring (bicyclic) bond motifs is 1. The maximum Gasteiger partial charge on any atom is 0.253 e. The first-order valence-corrected chi connectivity index (χ1v) is 5.87. The van der Waals surface area contributed by atoms with Gasteiger partial charge in [0.2, 0.25) is 0 Å². The van der Waals surface area contributed by atoms with E-state index in [1.54, 1.807) is 6.92 Å². The van der Waals surface area contributed by atoms with E-state index in [2.05, 4.69) is 16.7 Å². The highest BCUT2D eigenvalue weighted by atomic mass is 16.5. The largest absolute Gasteiger partial charge is 0.372 e. The van der Waals surface area contributed by atoms with E-state index in [0.717, 1.165) is 25.2 Å². The van der Waals surface area contributed by atoms with Crippen LogP contribution in [0, 0.1) is 0 Å². The maximum atomic E-state index is 11.8. The van der Waals surface area contributed by atoms with Crippen molar-refractivity contribution < 1.29 is 9.53 Å².